The maximum Gasteiger partial charge on any atom is 0.261 e. The van der Waals surface area contributed by atoms with E-state index in [-0.39, 0.29) is 22.8 Å². The molecule has 0 unspecified atom stereocenters. The summed E-state index contributed by atoms with van der Waals surface area (Å²) >= 11 is 0. The van der Waals surface area contributed by atoms with E-state index in [4.69, 9.17) is 0 Å². The fraction of sp³-hybridized carbons (Fsp3) is 0.440. The normalized spacial score (nSPS) is 17.5. The Hall–Kier alpha value is -2.87. The molecule has 4 rings (SSSR count). The average molecular weight is 470 g/mol. The number of sulfonamides is 1. The third kappa shape index (κ3) is 5.21. The summed E-state index contributed by atoms with van der Waals surface area (Å²) in [4.78, 5) is 26.4. The molecule has 0 spiro atoms. The monoisotopic (exact) mass is 469 g/mol. The molecular weight excluding hydrogens is 438 g/mol. The third-order valence-corrected chi connectivity index (χ3v) is 8.01. The first-order valence-corrected chi connectivity index (χ1v) is 13.1. The molecule has 1 atom stereocenters. The molecule has 0 aromatic heterocycles. The molecule has 176 valence electrons. The number of amides is 2. The second-order valence-corrected chi connectivity index (χ2v) is 10.9. The Morgan fingerprint density at radius 1 is 1.09 bits per heavy atom. The van der Waals surface area contributed by atoms with Gasteiger partial charge in [0, 0.05) is 25.2 Å². The van der Waals surface area contributed by atoms with Gasteiger partial charge in [-0.15, -0.1) is 0 Å². The van der Waals surface area contributed by atoms with Crippen LogP contribution >= 0.6 is 0 Å². The van der Waals surface area contributed by atoms with Crippen LogP contribution in [0.2, 0.25) is 0 Å². The van der Waals surface area contributed by atoms with Crippen LogP contribution in [0.1, 0.15) is 68.3 Å². The van der Waals surface area contributed by atoms with Crippen LogP contribution in [0, 0.1) is 5.92 Å². The van der Waals surface area contributed by atoms with Gasteiger partial charge in [0.25, 0.3) is 15.9 Å². The molecule has 0 radical (unpaired) electrons. The van der Waals surface area contributed by atoms with Crippen molar-refractivity contribution >= 4 is 33.2 Å². The average Bonchev–Trinajstić information content (AvgIpc) is 3.12. The minimum atomic E-state index is -3.90. The van der Waals surface area contributed by atoms with Crippen molar-refractivity contribution in [3.8, 4) is 0 Å². The van der Waals surface area contributed by atoms with Crippen molar-refractivity contribution in [2.24, 2.45) is 5.92 Å². The largest absolute Gasteiger partial charge is 0.332 e. The fourth-order valence-corrected chi connectivity index (χ4v) is 6.05. The third-order valence-electron chi connectivity index (χ3n) is 6.63. The predicted octanol–water partition coefficient (Wildman–Crippen LogP) is 4.76. The number of nitrogens with zero attached hydrogens (tertiary/aromatic N) is 1. The van der Waals surface area contributed by atoms with Crippen molar-refractivity contribution in [1.29, 1.82) is 0 Å². The quantitative estimate of drug-likeness (QED) is 0.611. The highest BCUT2D eigenvalue weighted by Gasteiger charge is 2.34. The van der Waals surface area contributed by atoms with Crippen molar-refractivity contribution < 1.29 is 18.0 Å². The van der Waals surface area contributed by atoms with Gasteiger partial charge >= 0.3 is 0 Å². The van der Waals surface area contributed by atoms with E-state index in [0.29, 0.717) is 29.4 Å². The lowest BCUT2D eigenvalue weighted by atomic mass is 9.85. The number of carbonyl (C=O) groups is 2. The van der Waals surface area contributed by atoms with Gasteiger partial charge in [0.05, 0.1) is 16.1 Å². The molecule has 1 aliphatic heterocycles. The first-order chi connectivity index (χ1) is 15.7. The minimum Gasteiger partial charge on any atom is -0.332 e. The van der Waals surface area contributed by atoms with E-state index in [1.807, 2.05) is 11.0 Å². The van der Waals surface area contributed by atoms with E-state index < -0.39 is 10.0 Å². The SMILES string of the molecule is CC(=O)Nc1ccc(S(=O)(=O)Nc2cccc3c2C(=O)N([C@@H](C)CC2CCCCC2)C3)cc1. The van der Waals surface area contributed by atoms with Crippen LogP contribution in [-0.4, -0.2) is 31.2 Å². The highest BCUT2D eigenvalue weighted by atomic mass is 32.2. The van der Waals surface area contributed by atoms with Crippen molar-refractivity contribution in [1.82, 2.24) is 4.90 Å². The number of benzene rings is 2. The molecular formula is C25H31N3O4S. The summed E-state index contributed by atoms with van der Waals surface area (Å²) < 4.78 is 28.6. The Kier molecular flexibility index (Phi) is 6.74. The molecule has 0 saturated heterocycles. The van der Waals surface area contributed by atoms with Crippen LogP contribution in [0.3, 0.4) is 0 Å². The molecule has 2 aromatic rings. The number of anilines is 2. The Morgan fingerprint density at radius 2 is 1.79 bits per heavy atom. The first-order valence-electron chi connectivity index (χ1n) is 11.6. The molecule has 1 saturated carbocycles. The van der Waals surface area contributed by atoms with Crippen LogP contribution in [0.5, 0.6) is 0 Å². The fourth-order valence-electron chi connectivity index (χ4n) is 4.98. The summed E-state index contributed by atoms with van der Waals surface area (Å²) in [7, 11) is -3.90. The minimum absolute atomic E-state index is 0.0576. The number of nitrogens with one attached hydrogen (secondary N) is 2. The van der Waals surface area contributed by atoms with E-state index in [1.165, 1.54) is 63.3 Å². The molecule has 0 bridgehead atoms. The van der Waals surface area contributed by atoms with Crippen molar-refractivity contribution in [2.75, 3.05) is 10.0 Å². The molecule has 2 amide bonds. The van der Waals surface area contributed by atoms with Crippen LogP contribution in [0.15, 0.2) is 47.4 Å². The smallest absolute Gasteiger partial charge is 0.261 e. The molecule has 1 heterocycles. The molecule has 8 heteroatoms. The van der Waals surface area contributed by atoms with Gasteiger partial charge in [-0.2, -0.15) is 0 Å². The molecule has 2 aliphatic rings. The van der Waals surface area contributed by atoms with Crippen molar-refractivity contribution in [3.63, 3.8) is 0 Å². The zero-order valence-electron chi connectivity index (χ0n) is 19.1. The van der Waals surface area contributed by atoms with Gasteiger partial charge < -0.3 is 10.2 Å². The number of hydrogen-bond acceptors (Lipinski definition) is 4. The summed E-state index contributed by atoms with van der Waals surface area (Å²) in [6, 6.07) is 11.3. The number of fused-ring (bicyclic) bond motifs is 1. The molecule has 33 heavy (non-hydrogen) atoms. The second-order valence-electron chi connectivity index (χ2n) is 9.17. The maximum absolute atomic E-state index is 13.3. The highest BCUT2D eigenvalue weighted by Crippen LogP contribution is 2.35. The van der Waals surface area contributed by atoms with Gasteiger partial charge in [0.2, 0.25) is 5.91 Å². The van der Waals surface area contributed by atoms with Crippen molar-refractivity contribution in [2.45, 2.75) is 69.9 Å². The van der Waals surface area contributed by atoms with Gasteiger partial charge in [0.1, 0.15) is 0 Å². The molecule has 1 fully saturated rings. The summed E-state index contributed by atoms with van der Waals surface area (Å²) in [5.41, 5.74) is 2.10. The topological polar surface area (TPSA) is 95.6 Å². The van der Waals surface area contributed by atoms with E-state index >= 15 is 0 Å². The van der Waals surface area contributed by atoms with Gasteiger partial charge in [-0.25, -0.2) is 8.42 Å². The van der Waals surface area contributed by atoms with Gasteiger partial charge in [-0.3, -0.25) is 14.3 Å². The lowest BCUT2D eigenvalue weighted by molar-refractivity contribution is -0.114. The summed E-state index contributed by atoms with van der Waals surface area (Å²) in [6.07, 6.45) is 7.28. The van der Waals surface area contributed by atoms with Crippen LogP contribution in [0.4, 0.5) is 11.4 Å². The maximum atomic E-state index is 13.3. The lowest BCUT2D eigenvalue weighted by Gasteiger charge is -2.30. The lowest BCUT2D eigenvalue weighted by Crippen LogP contribution is -2.35. The van der Waals surface area contributed by atoms with Crippen molar-refractivity contribution in [3.05, 3.63) is 53.6 Å². The Morgan fingerprint density at radius 3 is 2.45 bits per heavy atom. The number of hydrogen-bond donors (Lipinski definition) is 2. The number of rotatable bonds is 7. The van der Waals surface area contributed by atoms with E-state index in [0.717, 1.165) is 12.0 Å². The van der Waals surface area contributed by atoms with Crippen LogP contribution < -0.4 is 10.0 Å². The molecule has 7 nitrogen and oxygen atoms in total. The van der Waals surface area contributed by atoms with E-state index in [2.05, 4.69) is 17.0 Å². The highest BCUT2D eigenvalue weighted by molar-refractivity contribution is 7.92. The van der Waals surface area contributed by atoms with Gasteiger partial charge in [-0.1, -0.05) is 44.2 Å². The van der Waals surface area contributed by atoms with Gasteiger partial charge in [0.15, 0.2) is 0 Å². The first kappa shape index (κ1) is 23.3. The summed E-state index contributed by atoms with van der Waals surface area (Å²) in [6.45, 7) is 3.99. The van der Waals surface area contributed by atoms with E-state index in [1.54, 1.807) is 12.1 Å². The standard InChI is InChI=1S/C25H31N3O4S/c1-17(15-19-7-4-3-5-8-19)28-16-20-9-6-10-23(24(20)25(28)30)27-33(31,32)22-13-11-21(12-14-22)26-18(2)29/h6,9-14,17,19,27H,3-5,7-8,15-16H2,1-2H3,(H,26,29)/t17-/m0/s1. The zero-order valence-corrected chi connectivity index (χ0v) is 20.0. The molecule has 2 aromatic carbocycles. The molecule has 2 N–H and O–H groups in total. The Bertz CT molecular complexity index is 1140. The Balaban J connectivity index is 1.51. The van der Waals surface area contributed by atoms with Crippen LogP contribution in [-0.2, 0) is 21.4 Å². The number of carbonyl (C=O) groups excluding carboxylic acids is 2. The zero-order chi connectivity index (χ0) is 23.6. The predicted molar refractivity (Wildman–Crippen MR) is 129 cm³/mol. The van der Waals surface area contributed by atoms with Gasteiger partial charge in [-0.05, 0) is 55.2 Å². The Labute approximate surface area is 195 Å². The van der Waals surface area contributed by atoms with Crippen LogP contribution in [0.25, 0.3) is 0 Å². The van der Waals surface area contributed by atoms with E-state index in [9.17, 15) is 18.0 Å². The summed E-state index contributed by atoms with van der Waals surface area (Å²) in [5.74, 6) is 0.306. The second kappa shape index (κ2) is 9.55. The summed E-state index contributed by atoms with van der Waals surface area (Å²) in [5, 5.41) is 2.61. The molecule has 1 aliphatic carbocycles.